The third kappa shape index (κ3) is 3.00. The van der Waals surface area contributed by atoms with Gasteiger partial charge in [0.15, 0.2) is 0 Å². The average Bonchev–Trinajstić information content (AvgIpc) is 2.80. The first-order valence-corrected chi connectivity index (χ1v) is 14.4. The Morgan fingerprint density at radius 1 is 1.00 bits per heavy atom. The number of aliphatic hydroxyl groups excluding tert-OH is 3. The molecule has 0 bridgehead atoms. The van der Waals surface area contributed by atoms with Crippen molar-refractivity contribution in [1.82, 2.24) is 0 Å². The van der Waals surface area contributed by atoms with Gasteiger partial charge in [0.2, 0.25) is 0 Å². The van der Waals surface area contributed by atoms with Gasteiger partial charge in [0.25, 0.3) is 0 Å². The maximum atomic E-state index is 13.3. The highest BCUT2D eigenvalue weighted by molar-refractivity contribution is 5.84. The van der Waals surface area contributed by atoms with Crippen molar-refractivity contribution in [1.29, 1.82) is 0 Å². The topological polar surface area (TPSA) is 77.8 Å². The van der Waals surface area contributed by atoms with Crippen molar-refractivity contribution in [3.05, 3.63) is 11.6 Å². The number of rotatable bonds is 2. The first-order valence-electron chi connectivity index (χ1n) is 14.4. The molecule has 3 N–H and O–H groups in total. The number of hydrogen-bond donors (Lipinski definition) is 3. The van der Waals surface area contributed by atoms with E-state index in [9.17, 15) is 20.1 Å². The lowest BCUT2D eigenvalue weighted by molar-refractivity contribution is -0.243. The third-order valence-electron chi connectivity index (χ3n) is 13.8. The Morgan fingerprint density at radius 3 is 2.31 bits per heavy atom. The van der Waals surface area contributed by atoms with Gasteiger partial charge >= 0.3 is 0 Å². The normalized spacial score (nSPS) is 57.8. The standard InChI is InChI=1S/C31H50O4/c1-18-10-13-31(20(3)33)15-14-29(6)21(25(31)19(18)2)8-9-24-27(4)16-22(34)26(35)28(5,17-32)23(27)11-12-30(24,29)7/h8,18-19,22-26,32,34-35H,9-17H2,1-7H3/t18-,19+,22-,23?,24?,25?,26+,27+,28+,29-,30-,31-/m1/s1. The van der Waals surface area contributed by atoms with E-state index in [4.69, 9.17) is 0 Å². The highest BCUT2D eigenvalue weighted by Crippen LogP contribution is 2.75. The van der Waals surface area contributed by atoms with Crippen LogP contribution in [0.3, 0.4) is 0 Å². The van der Waals surface area contributed by atoms with Crippen LogP contribution < -0.4 is 0 Å². The summed E-state index contributed by atoms with van der Waals surface area (Å²) < 4.78 is 0. The summed E-state index contributed by atoms with van der Waals surface area (Å²) in [6, 6.07) is 0. The molecule has 0 aliphatic heterocycles. The Kier molecular flexibility index (Phi) is 5.85. The molecule has 4 heteroatoms. The quantitative estimate of drug-likeness (QED) is 0.448. The highest BCUT2D eigenvalue weighted by Gasteiger charge is 2.70. The Labute approximate surface area is 213 Å². The van der Waals surface area contributed by atoms with E-state index in [0.29, 0.717) is 35.9 Å². The lowest BCUT2D eigenvalue weighted by atomic mass is 9.33. The molecular weight excluding hydrogens is 436 g/mol. The van der Waals surface area contributed by atoms with Crippen molar-refractivity contribution < 1.29 is 20.1 Å². The molecule has 0 saturated heterocycles. The van der Waals surface area contributed by atoms with Crippen LogP contribution in [0.5, 0.6) is 0 Å². The van der Waals surface area contributed by atoms with Crippen LogP contribution in [0, 0.1) is 56.7 Å². The molecule has 0 heterocycles. The molecule has 5 aliphatic rings. The van der Waals surface area contributed by atoms with Gasteiger partial charge in [-0.25, -0.2) is 0 Å². The molecule has 5 aliphatic carbocycles. The number of carbonyl (C=O) groups excluding carboxylic acids is 1. The van der Waals surface area contributed by atoms with Crippen LogP contribution in [0.15, 0.2) is 11.6 Å². The zero-order valence-electron chi connectivity index (χ0n) is 23.2. The number of carbonyl (C=O) groups is 1. The fourth-order valence-electron chi connectivity index (χ4n) is 11.2. The Morgan fingerprint density at radius 2 is 1.69 bits per heavy atom. The van der Waals surface area contributed by atoms with E-state index in [2.05, 4.69) is 40.7 Å². The van der Waals surface area contributed by atoms with Gasteiger partial charge in [-0.05, 0) is 104 Å². The minimum atomic E-state index is -0.879. The van der Waals surface area contributed by atoms with E-state index in [0.717, 1.165) is 44.9 Å². The highest BCUT2D eigenvalue weighted by atomic mass is 16.3. The second-order valence-electron chi connectivity index (χ2n) is 14.7. The van der Waals surface area contributed by atoms with Crippen LogP contribution in [-0.2, 0) is 4.79 Å². The summed E-state index contributed by atoms with van der Waals surface area (Å²) in [5, 5.41) is 32.4. The van der Waals surface area contributed by atoms with Crippen molar-refractivity contribution in [2.24, 2.45) is 56.7 Å². The summed E-state index contributed by atoms with van der Waals surface area (Å²) in [6.07, 6.45) is 8.74. The van der Waals surface area contributed by atoms with Crippen LogP contribution in [0.2, 0.25) is 0 Å². The van der Waals surface area contributed by atoms with Gasteiger partial charge in [-0.15, -0.1) is 0 Å². The van der Waals surface area contributed by atoms with Crippen LogP contribution in [0.25, 0.3) is 0 Å². The number of ketones is 1. The van der Waals surface area contributed by atoms with Crippen LogP contribution in [-0.4, -0.2) is 39.9 Å². The van der Waals surface area contributed by atoms with Gasteiger partial charge in [-0.1, -0.05) is 53.2 Å². The number of aliphatic hydroxyl groups is 3. The fraction of sp³-hybridized carbons (Fsp3) is 0.903. The maximum absolute atomic E-state index is 13.3. The van der Waals surface area contributed by atoms with E-state index in [1.807, 2.05) is 13.8 Å². The predicted octanol–water partition coefficient (Wildman–Crippen LogP) is 5.54. The maximum Gasteiger partial charge on any atom is 0.136 e. The van der Waals surface area contributed by atoms with Gasteiger partial charge in [-0.3, -0.25) is 4.79 Å². The molecule has 0 aromatic heterocycles. The van der Waals surface area contributed by atoms with Crippen molar-refractivity contribution >= 4 is 5.78 Å². The van der Waals surface area contributed by atoms with Gasteiger partial charge in [0.05, 0.1) is 18.8 Å². The lowest BCUT2D eigenvalue weighted by Crippen LogP contribution is -2.68. The van der Waals surface area contributed by atoms with E-state index >= 15 is 0 Å². The predicted molar refractivity (Wildman–Crippen MR) is 138 cm³/mol. The van der Waals surface area contributed by atoms with Crippen molar-refractivity contribution in [2.75, 3.05) is 6.61 Å². The summed E-state index contributed by atoms with van der Waals surface area (Å²) in [5.41, 5.74) is 0.666. The first-order chi connectivity index (χ1) is 16.2. The molecule has 5 rings (SSSR count). The molecule has 0 radical (unpaired) electrons. The molecule has 3 unspecified atom stereocenters. The second kappa shape index (κ2) is 7.90. The number of Topliss-reactive ketones (excluding diaryl/α,β-unsaturated/α-hetero) is 1. The van der Waals surface area contributed by atoms with Crippen molar-refractivity contribution in [2.45, 2.75) is 112 Å². The average molecular weight is 487 g/mol. The van der Waals surface area contributed by atoms with E-state index in [-0.39, 0.29) is 34.2 Å². The zero-order chi connectivity index (χ0) is 25.8. The molecule has 4 fully saturated rings. The Balaban J connectivity index is 1.62. The van der Waals surface area contributed by atoms with Gasteiger partial charge < -0.3 is 15.3 Å². The summed E-state index contributed by atoms with van der Waals surface area (Å²) in [6.45, 7) is 15.9. The molecular formula is C31H50O4. The largest absolute Gasteiger partial charge is 0.396 e. The van der Waals surface area contributed by atoms with E-state index in [1.54, 1.807) is 5.57 Å². The number of allylic oxidation sites excluding steroid dienone is 2. The summed E-state index contributed by atoms with van der Waals surface area (Å²) >= 11 is 0. The van der Waals surface area contributed by atoms with Crippen LogP contribution >= 0.6 is 0 Å². The molecule has 12 atom stereocenters. The summed E-state index contributed by atoms with van der Waals surface area (Å²) in [4.78, 5) is 13.3. The number of fused-ring (bicyclic) bond motifs is 7. The lowest BCUT2D eigenvalue weighted by Gasteiger charge is -2.72. The Hall–Kier alpha value is -0.710. The van der Waals surface area contributed by atoms with Crippen LogP contribution in [0.1, 0.15) is 99.8 Å². The molecule has 0 aromatic rings. The third-order valence-corrected chi connectivity index (χ3v) is 13.8. The molecule has 4 nitrogen and oxygen atoms in total. The molecule has 4 saturated carbocycles. The van der Waals surface area contributed by atoms with Crippen molar-refractivity contribution in [3.8, 4) is 0 Å². The van der Waals surface area contributed by atoms with Gasteiger partial charge in [-0.2, -0.15) is 0 Å². The monoisotopic (exact) mass is 486 g/mol. The first kappa shape index (κ1) is 25.9. The number of hydrogen-bond acceptors (Lipinski definition) is 4. The molecule has 35 heavy (non-hydrogen) atoms. The van der Waals surface area contributed by atoms with E-state index < -0.39 is 17.6 Å². The minimum absolute atomic E-state index is 0.0372. The minimum Gasteiger partial charge on any atom is -0.396 e. The van der Waals surface area contributed by atoms with Gasteiger partial charge in [0, 0.05) is 10.8 Å². The fourth-order valence-corrected chi connectivity index (χ4v) is 11.2. The van der Waals surface area contributed by atoms with Crippen molar-refractivity contribution in [3.63, 3.8) is 0 Å². The smallest absolute Gasteiger partial charge is 0.136 e. The second-order valence-corrected chi connectivity index (χ2v) is 14.7. The molecule has 0 spiro atoms. The van der Waals surface area contributed by atoms with Crippen LogP contribution in [0.4, 0.5) is 0 Å². The molecule has 0 aromatic carbocycles. The zero-order valence-corrected chi connectivity index (χ0v) is 23.2. The molecule has 0 amide bonds. The summed E-state index contributed by atoms with van der Waals surface area (Å²) in [7, 11) is 0. The molecule has 198 valence electrons. The van der Waals surface area contributed by atoms with Gasteiger partial charge in [0.1, 0.15) is 5.78 Å². The van der Waals surface area contributed by atoms with E-state index in [1.165, 1.54) is 0 Å². The SMILES string of the molecule is CC(=O)[C@]12CC[C@@H](C)[C@H](C)C1C1=CCC3[C@@]4(C)C[C@@H](O)[C@H](O)[C@@](C)(CO)C4CC[C@@]3(C)[C@]1(C)CC2. The summed E-state index contributed by atoms with van der Waals surface area (Å²) in [5.74, 6) is 2.45. The Bertz CT molecular complexity index is 927.